The van der Waals surface area contributed by atoms with Crippen LogP contribution < -0.4 is 19.5 Å². The van der Waals surface area contributed by atoms with Gasteiger partial charge in [-0.3, -0.25) is 0 Å². The molecule has 6 nitrogen and oxygen atoms in total. The van der Waals surface area contributed by atoms with Crippen molar-refractivity contribution in [3.63, 3.8) is 0 Å². The quantitative estimate of drug-likeness (QED) is 0.667. The SMILES string of the molecule is C=C(C)COc1cccc(NC(=O)N2CCCC2c2ccc(OC)cc2OC)c1. The number of urea groups is 1. The Labute approximate surface area is 172 Å². The second-order valence-corrected chi connectivity index (χ2v) is 7.16. The van der Waals surface area contributed by atoms with E-state index < -0.39 is 0 Å². The molecule has 1 saturated heterocycles. The minimum atomic E-state index is -0.137. The molecule has 6 heteroatoms. The first-order valence-electron chi connectivity index (χ1n) is 9.68. The molecule has 29 heavy (non-hydrogen) atoms. The maximum atomic E-state index is 13.0. The topological polar surface area (TPSA) is 60.0 Å². The molecule has 0 aliphatic carbocycles. The molecule has 1 unspecified atom stereocenters. The van der Waals surface area contributed by atoms with E-state index >= 15 is 0 Å². The lowest BCUT2D eigenvalue weighted by Crippen LogP contribution is -2.34. The molecule has 2 aromatic carbocycles. The van der Waals surface area contributed by atoms with Crippen LogP contribution in [0.2, 0.25) is 0 Å². The highest BCUT2D eigenvalue weighted by molar-refractivity contribution is 5.90. The first kappa shape index (κ1) is 20.6. The van der Waals surface area contributed by atoms with Gasteiger partial charge in [-0.2, -0.15) is 0 Å². The molecular formula is C23H28N2O4. The molecule has 1 heterocycles. The summed E-state index contributed by atoms with van der Waals surface area (Å²) in [7, 11) is 3.26. The molecule has 0 spiro atoms. The van der Waals surface area contributed by atoms with Crippen molar-refractivity contribution in [2.45, 2.75) is 25.8 Å². The van der Waals surface area contributed by atoms with Crippen molar-refractivity contribution in [1.82, 2.24) is 4.90 Å². The lowest BCUT2D eigenvalue weighted by Gasteiger charge is -2.27. The number of nitrogens with zero attached hydrogens (tertiary/aromatic N) is 1. The van der Waals surface area contributed by atoms with Crippen LogP contribution in [0, 0.1) is 0 Å². The smallest absolute Gasteiger partial charge is 0.322 e. The fourth-order valence-corrected chi connectivity index (χ4v) is 3.49. The molecule has 1 aliphatic rings. The van der Waals surface area contributed by atoms with Crippen molar-refractivity contribution < 1.29 is 19.0 Å². The molecule has 1 atom stereocenters. The highest BCUT2D eigenvalue weighted by Gasteiger charge is 2.32. The standard InChI is InChI=1S/C23H28N2O4/c1-16(2)15-29-19-8-5-7-17(13-19)24-23(26)25-12-6-9-21(25)20-11-10-18(27-3)14-22(20)28-4/h5,7-8,10-11,13-14,21H,1,6,9,12,15H2,2-4H3,(H,24,26). The first-order valence-corrected chi connectivity index (χ1v) is 9.68. The highest BCUT2D eigenvalue weighted by atomic mass is 16.5. The largest absolute Gasteiger partial charge is 0.497 e. The number of benzene rings is 2. The van der Waals surface area contributed by atoms with Gasteiger partial charge in [0.2, 0.25) is 0 Å². The predicted octanol–water partition coefficient (Wildman–Crippen LogP) is 5.03. The minimum Gasteiger partial charge on any atom is -0.497 e. The van der Waals surface area contributed by atoms with E-state index in [1.807, 2.05) is 54.3 Å². The number of rotatable bonds is 7. The van der Waals surface area contributed by atoms with Gasteiger partial charge in [-0.15, -0.1) is 0 Å². The van der Waals surface area contributed by atoms with E-state index in [1.54, 1.807) is 14.2 Å². The van der Waals surface area contributed by atoms with Crippen LogP contribution in [0.3, 0.4) is 0 Å². The van der Waals surface area contributed by atoms with Gasteiger partial charge in [0.05, 0.1) is 20.3 Å². The van der Waals surface area contributed by atoms with Gasteiger partial charge in [0.25, 0.3) is 0 Å². The van der Waals surface area contributed by atoms with Gasteiger partial charge in [0.15, 0.2) is 0 Å². The summed E-state index contributed by atoms with van der Waals surface area (Å²) in [5, 5.41) is 2.99. The van der Waals surface area contributed by atoms with Gasteiger partial charge in [-0.05, 0) is 49.6 Å². The molecule has 0 radical (unpaired) electrons. The molecule has 1 N–H and O–H groups in total. The number of carbonyl (C=O) groups excluding carboxylic acids is 1. The zero-order valence-electron chi connectivity index (χ0n) is 17.2. The van der Waals surface area contributed by atoms with Crippen LogP contribution >= 0.6 is 0 Å². The Morgan fingerprint density at radius 1 is 1.17 bits per heavy atom. The van der Waals surface area contributed by atoms with Gasteiger partial charge in [0.1, 0.15) is 23.9 Å². The molecule has 1 aliphatic heterocycles. The molecule has 0 aromatic heterocycles. The summed E-state index contributed by atoms with van der Waals surface area (Å²) >= 11 is 0. The number of hydrogen-bond donors (Lipinski definition) is 1. The number of likely N-dealkylation sites (tertiary alicyclic amines) is 1. The lowest BCUT2D eigenvalue weighted by molar-refractivity contribution is 0.206. The summed E-state index contributed by atoms with van der Waals surface area (Å²) in [6, 6.07) is 12.9. The highest BCUT2D eigenvalue weighted by Crippen LogP contribution is 2.39. The van der Waals surface area contributed by atoms with Crippen LogP contribution in [0.4, 0.5) is 10.5 Å². The number of methoxy groups -OCH3 is 2. The number of hydrogen-bond acceptors (Lipinski definition) is 4. The van der Waals surface area contributed by atoms with E-state index in [2.05, 4.69) is 11.9 Å². The van der Waals surface area contributed by atoms with Gasteiger partial charge >= 0.3 is 6.03 Å². The van der Waals surface area contributed by atoms with Crippen molar-refractivity contribution in [3.05, 3.63) is 60.2 Å². The zero-order valence-corrected chi connectivity index (χ0v) is 17.2. The average molecular weight is 396 g/mol. The number of nitrogens with one attached hydrogen (secondary N) is 1. The van der Waals surface area contributed by atoms with Crippen molar-refractivity contribution >= 4 is 11.7 Å². The fourth-order valence-electron chi connectivity index (χ4n) is 3.49. The van der Waals surface area contributed by atoms with Crippen LogP contribution in [0.15, 0.2) is 54.6 Å². The molecule has 2 aromatic rings. The average Bonchev–Trinajstić information content (AvgIpc) is 3.21. The Balaban J connectivity index is 1.74. The Morgan fingerprint density at radius 2 is 2.00 bits per heavy atom. The van der Waals surface area contributed by atoms with Crippen LogP contribution in [-0.4, -0.2) is 38.3 Å². The van der Waals surface area contributed by atoms with Gasteiger partial charge < -0.3 is 24.4 Å². The molecule has 154 valence electrons. The zero-order chi connectivity index (χ0) is 20.8. The van der Waals surface area contributed by atoms with E-state index in [9.17, 15) is 4.79 Å². The van der Waals surface area contributed by atoms with Crippen LogP contribution in [0.25, 0.3) is 0 Å². The van der Waals surface area contributed by atoms with Crippen molar-refractivity contribution in [3.8, 4) is 17.2 Å². The van der Waals surface area contributed by atoms with Crippen LogP contribution in [0.1, 0.15) is 31.4 Å². The van der Waals surface area contributed by atoms with Crippen molar-refractivity contribution in [1.29, 1.82) is 0 Å². The van der Waals surface area contributed by atoms with Crippen LogP contribution in [-0.2, 0) is 0 Å². The minimum absolute atomic E-state index is 0.0429. The van der Waals surface area contributed by atoms with E-state index in [0.29, 0.717) is 24.6 Å². The maximum Gasteiger partial charge on any atom is 0.322 e. The third-order valence-corrected chi connectivity index (χ3v) is 4.88. The number of ether oxygens (including phenoxy) is 3. The first-order chi connectivity index (χ1) is 14.0. The predicted molar refractivity (Wildman–Crippen MR) is 114 cm³/mol. The van der Waals surface area contributed by atoms with Gasteiger partial charge in [-0.1, -0.05) is 12.6 Å². The monoisotopic (exact) mass is 396 g/mol. The van der Waals surface area contributed by atoms with Crippen LogP contribution in [0.5, 0.6) is 17.2 Å². The third-order valence-electron chi connectivity index (χ3n) is 4.88. The van der Waals surface area contributed by atoms with Crippen molar-refractivity contribution in [2.75, 3.05) is 32.7 Å². The number of carbonyl (C=O) groups is 1. The Hall–Kier alpha value is -3.15. The number of anilines is 1. The molecule has 0 saturated carbocycles. The normalized spacial score (nSPS) is 15.7. The summed E-state index contributed by atoms with van der Waals surface area (Å²) in [4.78, 5) is 14.8. The van der Waals surface area contributed by atoms with Crippen molar-refractivity contribution in [2.24, 2.45) is 0 Å². The van der Waals surface area contributed by atoms with E-state index in [1.165, 1.54) is 0 Å². The summed E-state index contributed by atoms with van der Waals surface area (Å²) in [6.07, 6.45) is 1.83. The molecule has 2 amide bonds. The molecule has 0 bridgehead atoms. The second-order valence-electron chi connectivity index (χ2n) is 7.16. The van der Waals surface area contributed by atoms with Gasteiger partial charge in [0, 0.05) is 29.9 Å². The molecular weight excluding hydrogens is 368 g/mol. The fraction of sp³-hybridized carbons (Fsp3) is 0.348. The third kappa shape index (κ3) is 5.02. The van der Waals surface area contributed by atoms with E-state index in [0.717, 1.165) is 35.5 Å². The van der Waals surface area contributed by atoms with E-state index in [-0.39, 0.29) is 12.1 Å². The Morgan fingerprint density at radius 3 is 2.72 bits per heavy atom. The van der Waals surface area contributed by atoms with Gasteiger partial charge in [-0.25, -0.2) is 4.79 Å². The number of amides is 2. The molecule has 3 rings (SSSR count). The summed E-state index contributed by atoms with van der Waals surface area (Å²) in [6.45, 7) is 6.88. The lowest BCUT2D eigenvalue weighted by atomic mass is 10.0. The Bertz CT molecular complexity index is 881. The summed E-state index contributed by atoms with van der Waals surface area (Å²) in [5.41, 5.74) is 2.62. The second kappa shape index (κ2) is 9.37. The van der Waals surface area contributed by atoms with E-state index in [4.69, 9.17) is 14.2 Å². The summed E-state index contributed by atoms with van der Waals surface area (Å²) in [5.74, 6) is 2.15. The summed E-state index contributed by atoms with van der Waals surface area (Å²) < 4.78 is 16.5. The molecule has 1 fully saturated rings. The maximum absolute atomic E-state index is 13.0. The Kier molecular flexibility index (Phi) is 6.65.